The van der Waals surface area contributed by atoms with Crippen LogP contribution in [0.4, 0.5) is 4.39 Å². The van der Waals surface area contributed by atoms with Gasteiger partial charge in [-0.15, -0.1) is 0 Å². The molecular formula is C19H20FN3O3. The van der Waals surface area contributed by atoms with Crippen molar-refractivity contribution in [3.05, 3.63) is 54.0 Å². The summed E-state index contributed by atoms with van der Waals surface area (Å²) in [5.41, 5.74) is 0.815. The fraction of sp³-hybridized carbons (Fsp3) is 0.316. The van der Waals surface area contributed by atoms with Crippen LogP contribution in [0.5, 0.6) is 11.6 Å². The lowest BCUT2D eigenvalue weighted by molar-refractivity contribution is -0.137. The first-order valence-corrected chi connectivity index (χ1v) is 8.53. The molecule has 0 bridgehead atoms. The topological polar surface area (TPSA) is 71.5 Å². The number of hydrogen-bond acceptors (Lipinski definition) is 4. The molecule has 0 aliphatic carbocycles. The molecule has 136 valence electrons. The van der Waals surface area contributed by atoms with E-state index in [9.17, 15) is 14.0 Å². The zero-order valence-corrected chi connectivity index (χ0v) is 14.3. The molecule has 1 N–H and O–H groups in total. The van der Waals surface area contributed by atoms with Crippen molar-refractivity contribution in [1.29, 1.82) is 0 Å². The molecule has 1 aromatic heterocycles. The first-order chi connectivity index (χ1) is 12.6. The van der Waals surface area contributed by atoms with Gasteiger partial charge in [-0.1, -0.05) is 6.07 Å². The Hall–Kier alpha value is -2.96. The third kappa shape index (κ3) is 5.02. The molecule has 2 amide bonds. The number of piperidine rings is 1. The van der Waals surface area contributed by atoms with Gasteiger partial charge in [0.1, 0.15) is 11.6 Å². The molecule has 0 saturated carbocycles. The highest BCUT2D eigenvalue weighted by atomic mass is 19.1. The number of hydrogen-bond donors (Lipinski definition) is 1. The van der Waals surface area contributed by atoms with Crippen LogP contribution in [-0.2, 0) is 16.1 Å². The van der Waals surface area contributed by atoms with Crippen LogP contribution in [0.2, 0.25) is 0 Å². The van der Waals surface area contributed by atoms with Crippen molar-refractivity contribution >= 4 is 11.8 Å². The summed E-state index contributed by atoms with van der Waals surface area (Å²) in [5, 5.41) is 2.79. The number of amides is 2. The Bertz CT molecular complexity index is 763. The zero-order chi connectivity index (χ0) is 18.4. The number of pyridine rings is 1. The van der Waals surface area contributed by atoms with Crippen LogP contribution in [0.25, 0.3) is 0 Å². The molecule has 1 saturated heterocycles. The summed E-state index contributed by atoms with van der Waals surface area (Å²) in [5.74, 6) is 0.390. The average molecular weight is 357 g/mol. The highest BCUT2D eigenvalue weighted by Crippen LogP contribution is 2.19. The van der Waals surface area contributed by atoms with E-state index < -0.39 is 0 Å². The molecule has 2 aromatic rings. The second-order valence-corrected chi connectivity index (χ2v) is 6.11. The standard InChI is InChI=1S/C19H20FN3O3/c20-15-5-7-16(8-6-15)26-18-9-4-14(12-22-18)11-21-17(24)13-23-10-2-1-3-19(23)25/h4-9,12H,1-3,10-11,13H2,(H,21,24). The van der Waals surface area contributed by atoms with E-state index in [1.807, 2.05) is 0 Å². The van der Waals surface area contributed by atoms with Crippen molar-refractivity contribution < 1.29 is 18.7 Å². The van der Waals surface area contributed by atoms with Gasteiger partial charge >= 0.3 is 0 Å². The molecule has 26 heavy (non-hydrogen) atoms. The molecule has 0 radical (unpaired) electrons. The molecule has 1 aliphatic heterocycles. The minimum Gasteiger partial charge on any atom is -0.439 e. The Balaban J connectivity index is 1.47. The average Bonchev–Trinajstić information content (AvgIpc) is 2.65. The number of halogens is 1. The van der Waals surface area contributed by atoms with Gasteiger partial charge in [-0.3, -0.25) is 9.59 Å². The van der Waals surface area contributed by atoms with E-state index in [1.54, 1.807) is 23.2 Å². The third-order valence-electron chi connectivity index (χ3n) is 4.08. The Morgan fingerprint density at radius 3 is 2.69 bits per heavy atom. The van der Waals surface area contributed by atoms with Gasteiger partial charge in [0, 0.05) is 31.8 Å². The second-order valence-electron chi connectivity index (χ2n) is 6.11. The lowest BCUT2D eigenvalue weighted by Gasteiger charge is -2.25. The molecule has 1 aliphatic rings. The molecule has 0 spiro atoms. The van der Waals surface area contributed by atoms with Crippen LogP contribution >= 0.6 is 0 Å². The van der Waals surface area contributed by atoms with Gasteiger partial charge in [0.15, 0.2) is 0 Å². The SMILES string of the molecule is O=C(CN1CCCCC1=O)NCc1ccc(Oc2ccc(F)cc2)nc1. The maximum Gasteiger partial charge on any atom is 0.239 e. The lowest BCUT2D eigenvalue weighted by atomic mass is 10.1. The molecule has 3 rings (SSSR count). The van der Waals surface area contributed by atoms with E-state index in [0.717, 1.165) is 18.4 Å². The molecule has 1 fully saturated rings. The summed E-state index contributed by atoms with van der Waals surface area (Å²) < 4.78 is 18.4. The largest absolute Gasteiger partial charge is 0.439 e. The monoisotopic (exact) mass is 357 g/mol. The van der Waals surface area contributed by atoms with Gasteiger partial charge in [-0.25, -0.2) is 9.37 Å². The van der Waals surface area contributed by atoms with Crippen LogP contribution in [0, 0.1) is 5.82 Å². The summed E-state index contributed by atoms with van der Waals surface area (Å²) >= 11 is 0. The van der Waals surface area contributed by atoms with Crippen molar-refractivity contribution in [2.24, 2.45) is 0 Å². The van der Waals surface area contributed by atoms with Crippen LogP contribution in [0.15, 0.2) is 42.6 Å². The zero-order valence-electron chi connectivity index (χ0n) is 14.3. The van der Waals surface area contributed by atoms with Crippen molar-refractivity contribution in [3.8, 4) is 11.6 Å². The normalized spacial score (nSPS) is 14.2. The number of carbonyl (C=O) groups is 2. The number of ether oxygens (including phenoxy) is 1. The summed E-state index contributed by atoms with van der Waals surface area (Å²) in [6.45, 7) is 1.06. The quantitative estimate of drug-likeness (QED) is 0.863. The number of nitrogens with zero attached hydrogens (tertiary/aromatic N) is 2. The van der Waals surface area contributed by atoms with E-state index in [2.05, 4.69) is 10.3 Å². The maximum atomic E-state index is 12.9. The van der Waals surface area contributed by atoms with Crippen LogP contribution in [-0.4, -0.2) is 34.8 Å². The van der Waals surface area contributed by atoms with E-state index >= 15 is 0 Å². The van der Waals surface area contributed by atoms with Crippen molar-refractivity contribution in [2.75, 3.05) is 13.1 Å². The first-order valence-electron chi connectivity index (χ1n) is 8.53. The number of aromatic nitrogens is 1. The summed E-state index contributed by atoms with van der Waals surface area (Å²) in [7, 11) is 0. The van der Waals surface area contributed by atoms with Gasteiger partial charge in [0.2, 0.25) is 17.7 Å². The minimum atomic E-state index is -0.331. The van der Waals surface area contributed by atoms with E-state index in [0.29, 0.717) is 31.1 Å². The summed E-state index contributed by atoms with van der Waals surface area (Å²) in [6, 6.07) is 9.13. The van der Waals surface area contributed by atoms with Crippen LogP contribution in [0.3, 0.4) is 0 Å². The minimum absolute atomic E-state index is 0.0374. The van der Waals surface area contributed by atoms with Gasteiger partial charge in [0.25, 0.3) is 0 Å². The van der Waals surface area contributed by atoms with Crippen molar-refractivity contribution in [2.45, 2.75) is 25.8 Å². The van der Waals surface area contributed by atoms with Crippen molar-refractivity contribution in [3.63, 3.8) is 0 Å². The fourth-order valence-electron chi connectivity index (χ4n) is 2.66. The highest BCUT2D eigenvalue weighted by Gasteiger charge is 2.20. The predicted molar refractivity (Wildman–Crippen MR) is 93.0 cm³/mol. The van der Waals surface area contributed by atoms with Crippen LogP contribution < -0.4 is 10.1 Å². The van der Waals surface area contributed by atoms with Gasteiger partial charge < -0.3 is 15.0 Å². The molecular weight excluding hydrogens is 337 g/mol. The number of carbonyl (C=O) groups excluding carboxylic acids is 2. The van der Waals surface area contributed by atoms with Gasteiger partial charge in [-0.2, -0.15) is 0 Å². The first kappa shape index (κ1) is 17.8. The number of nitrogens with one attached hydrogen (secondary N) is 1. The molecule has 6 nitrogen and oxygen atoms in total. The molecule has 7 heteroatoms. The molecule has 0 unspecified atom stereocenters. The number of likely N-dealkylation sites (tertiary alicyclic amines) is 1. The Labute approximate surface area is 151 Å². The molecule has 1 aromatic carbocycles. The second kappa shape index (κ2) is 8.42. The number of benzene rings is 1. The summed E-state index contributed by atoms with van der Waals surface area (Å²) in [4.78, 5) is 29.5. The van der Waals surface area contributed by atoms with Crippen molar-refractivity contribution in [1.82, 2.24) is 15.2 Å². The fourth-order valence-corrected chi connectivity index (χ4v) is 2.66. The molecule has 2 heterocycles. The van der Waals surface area contributed by atoms with E-state index in [-0.39, 0.29) is 24.2 Å². The Morgan fingerprint density at radius 1 is 1.19 bits per heavy atom. The van der Waals surface area contributed by atoms with E-state index in [1.165, 1.54) is 24.3 Å². The Morgan fingerprint density at radius 2 is 2.00 bits per heavy atom. The van der Waals surface area contributed by atoms with Gasteiger partial charge in [-0.05, 0) is 42.7 Å². The maximum absolute atomic E-state index is 12.9. The van der Waals surface area contributed by atoms with Gasteiger partial charge in [0.05, 0.1) is 6.54 Å². The molecule has 0 atom stereocenters. The number of rotatable bonds is 6. The third-order valence-corrected chi connectivity index (χ3v) is 4.08. The van der Waals surface area contributed by atoms with Crippen LogP contribution in [0.1, 0.15) is 24.8 Å². The Kier molecular flexibility index (Phi) is 5.78. The lowest BCUT2D eigenvalue weighted by Crippen LogP contribution is -2.42. The smallest absolute Gasteiger partial charge is 0.239 e. The summed E-state index contributed by atoms with van der Waals surface area (Å²) in [6.07, 6.45) is 3.96. The highest BCUT2D eigenvalue weighted by molar-refractivity contribution is 5.85. The van der Waals surface area contributed by atoms with E-state index in [4.69, 9.17) is 4.74 Å². The predicted octanol–water partition coefficient (Wildman–Crippen LogP) is 2.64.